The Bertz CT molecular complexity index is 477. The number of anilines is 2. The number of likely N-dealkylation sites (N-methyl/N-ethyl adjacent to an activating group) is 1. The van der Waals surface area contributed by atoms with Gasteiger partial charge in [-0.15, -0.1) is 0 Å². The molecule has 0 aliphatic carbocycles. The molecule has 1 aromatic rings. The van der Waals surface area contributed by atoms with Crippen LogP contribution in [0.4, 0.5) is 24.8 Å². The summed E-state index contributed by atoms with van der Waals surface area (Å²) >= 11 is 0. The Kier molecular flexibility index (Phi) is 4.03. The van der Waals surface area contributed by atoms with Gasteiger partial charge < -0.3 is 10.6 Å². The Balaban J connectivity index is 2.23. The van der Waals surface area contributed by atoms with E-state index in [0.717, 1.165) is 13.1 Å². The molecule has 2 heterocycles. The molecule has 0 bridgehead atoms. The molecule has 5 nitrogen and oxygen atoms in total. The Hall–Kier alpha value is -1.57. The van der Waals surface area contributed by atoms with Crippen LogP contribution < -0.4 is 10.6 Å². The molecule has 1 aliphatic rings. The van der Waals surface area contributed by atoms with Gasteiger partial charge in [0, 0.05) is 31.7 Å². The second-order valence-electron chi connectivity index (χ2n) is 4.90. The highest BCUT2D eigenvalue weighted by molar-refractivity contribution is 5.47. The first-order valence-corrected chi connectivity index (χ1v) is 6.52. The summed E-state index contributed by atoms with van der Waals surface area (Å²) in [6, 6.07) is 1.66. The van der Waals surface area contributed by atoms with E-state index >= 15 is 0 Å². The lowest BCUT2D eigenvalue weighted by Crippen LogP contribution is -2.52. The maximum atomic E-state index is 12.7. The molecule has 1 aromatic heterocycles. The summed E-state index contributed by atoms with van der Waals surface area (Å²) < 4.78 is 38.1. The van der Waals surface area contributed by atoms with Gasteiger partial charge in [0.1, 0.15) is 11.6 Å². The lowest BCUT2D eigenvalue weighted by molar-refractivity contribution is -0.144. The van der Waals surface area contributed by atoms with Gasteiger partial charge in [0.2, 0.25) is 5.82 Å². The molecule has 0 amide bonds. The summed E-state index contributed by atoms with van der Waals surface area (Å²) in [5.41, 5.74) is 5.46. The largest absolute Gasteiger partial charge is 0.451 e. The highest BCUT2D eigenvalue weighted by atomic mass is 19.4. The van der Waals surface area contributed by atoms with Crippen molar-refractivity contribution in [3.63, 3.8) is 0 Å². The van der Waals surface area contributed by atoms with Crippen LogP contribution in [0, 0.1) is 0 Å². The maximum absolute atomic E-state index is 12.7. The van der Waals surface area contributed by atoms with E-state index in [-0.39, 0.29) is 17.7 Å². The predicted molar refractivity (Wildman–Crippen MR) is 70.4 cm³/mol. The molecule has 1 saturated heterocycles. The molecule has 1 unspecified atom stereocenters. The molecule has 2 rings (SSSR count). The summed E-state index contributed by atoms with van der Waals surface area (Å²) in [7, 11) is 0. The Morgan fingerprint density at radius 3 is 2.60 bits per heavy atom. The number of nitrogen functional groups attached to an aromatic ring is 1. The topological polar surface area (TPSA) is 58.3 Å². The minimum Gasteiger partial charge on any atom is -0.384 e. The van der Waals surface area contributed by atoms with Crippen LogP contribution >= 0.6 is 0 Å². The van der Waals surface area contributed by atoms with Crippen molar-refractivity contribution < 1.29 is 13.2 Å². The fourth-order valence-corrected chi connectivity index (χ4v) is 2.41. The highest BCUT2D eigenvalue weighted by Crippen LogP contribution is 2.29. The first-order chi connectivity index (χ1) is 9.31. The standard InChI is InChI=1S/C12H18F3N5/c1-3-19-4-5-20(7-8(19)2)10-6-9(16)17-11(18-10)12(13,14)15/h6,8H,3-5,7H2,1-2H3,(H2,16,17,18). The second kappa shape index (κ2) is 5.43. The van der Waals surface area contributed by atoms with Gasteiger partial charge in [-0.05, 0) is 13.5 Å². The Labute approximate surface area is 115 Å². The van der Waals surface area contributed by atoms with Crippen molar-refractivity contribution in [3.05, 3.63) is 11.9 Å². The number of hydrogen-bond donors (Lipinski definition) is 1. The number of aromatic nitrogens is 2. The van der Waals surface area contributed by atoms with Crippen molar-refractivity contribution in [2.75, 3.05) is 36.8 Å². The number of alkyl halides is 3. The Morgan fingerprint density at radius 2 is 2.05 bits per heavy atom. The zero-order valence-electron chi connectivity index (χ0n) is 11.5. The third-order valence-electron chi connectivity index (χ3n) is 3.48. The second-order valence-corrected chi connectivity index (χ2v) is 4.90. The van der Waals surface area contributed by atoms with Crippen molar-refractivity contribution in [2.45, 2.75) is 26.1 Å². The number of hydrogen-bond acceptors (Lipinski definition) is 5. The van der Waals surface area contributed by atoms with E-state index in [1.54, 1.807) is 0 Å². The van der Waals surface area contributed by atoms with Crippen LogP contribution in [-0.2, 0) is 6.18 Å². The quantitative estimate of drug-likeness (QED) is 0.896. The van der Waals surface area contributed by atoms with Crippen LogP contribution in [-0.4, -0.2) is 47.1 Å². The fraction of sp³-hybridized carbons (Fsp3) is 0.667. The molecule has 1 atom stereocenters. The van der Waals surface area contributed by atoms with E-state index in [4.69, 9.17) is 5.73 Å². The average molecular weight is 289 g/mol. The zero-order valence-corrected chi connectivity index (χ0v) is 11.5. The van der Waals surface area contributed by atoms with Gasteiger partial charge in [0.15, 0.2) is 0 Å². The molecule has 1 aliphatic heterocycles. The minimum absolute atomic E-state index is 0.159. The van der Waals surface area contributed by atoms with Gasteiger partial charge in [0.05, 0.1) is 0 Å². The third-order valence-corrected chi connectivity index (χ3v) is 3.48. The molecule has 1 fully saturated rings. The first-order valence-electron chi connectivity index (χ1n) is 6.52. The van der Waals surface area contributed by atoms with Crippen molar-refractivity contribution in [1.82, 2.24) is 14.9 Å². The highest BCUT2D eigenvalue weighted by Gasteiger charge is 2.36. The van der Waals surface area contributed by atoms with Gasteiger partial charge in [-0.1, -0.05) is 6.92 Å². The molecule has 20 heavy (non-hydrogen) atoms. The third kappa shape index (κ3) is 3.12. The molecule has 8 heteroatoms. The lowest BCUT2D eigenvalue weighted by atomic mass is 10.2. The maximum Gasteiger partial charge on any atom is 0.451 e. The summed E-state index contributed by atoms with van der Waals surface area (Å²) in [5, 5.41) is 0. The molecule has 0 aromatic carbocycles. The normalized spacial score (nSPS) is 21.2. The number of halogens is 3. The van der Waals surface area contributed by atoms with Crippen molar-refractivity contribution in [2.24, 2.45) is 0 Å². The van der Waals surface area contributed by atoms with Gasteiger partial charge >= 0.3 is 6.18 Å². The van der Waals surface area contributed by atoms with Crippen molar-refractivity contribution in [1.29, 1.82) is 0 Å². The minimum atomic E-state index is -4.58. The number of nitrogens with zero attached hydrogens (tertiary/aromatic N) is 4. The van der Waals surface area contributed by atoms with Gasteiger partial charge in [-0.25, -0.2) is 9.97 Å². The van der Waals surface area contributed by atoms with E-state index in [9.17, 15) is 13.2 Å². The molecule has 112 valence electrons. The first kappa shape index (κ1) is 14.8. The van der Waals surface area contributed by atoms with E-state index in [1.807, 2.05) is 11.8 Å². The summed E-state index contributed by atoms with van der Waals surface area (Å²) in [4.78, 5) is 11.0. The molecule has 0 saturated carbocycles. The molecular weight excluding hydrogens is 271 g/mol. The number of piperazine rings is 1. The van der Waals surface area contributed by atoms with Crippen LogP contribution in [0.2, 0.25) is 0 Å². The lowest BCUT2D eigenvalue weighted by Gasteiger charge is -2.40. The Morgan fingerprint density at radius 1 is 1.35 bits per heavy atom. The molecular formula is C12H18F3N5. The van der Waals surface area contributed by atoms with E-state index in [1.165, 1.54) is 6.07 Å². The van der Waals surface area contributed by atoms with Crippen molar-refractivity contribution in [3.8, 4) is 0 Å². The van der Waals surface area contributed by atoms with Crippen LogP contribution in [0.5, 0.6) is 0 Å². The van der Waals surface area contributed by atoms with Crippen LogP contribution in [0.15, 0.2) is 6.07 Å². The van der Waals surface area contributed by atoms with Gasteiger partial charge in [0.25, 0.3) is 0 Å². The summed E-state index contributed by atoms with van der Waals surface area (Å²) in [6.45, 7) is 7.09. The number of nitrogens with two attached hydrogens (primary N) is 1. The monoisotopic (exact) mass is 289 g/mol. The zero-order chi connectivity index (χ0) is 14.9. The molecule has 2 N–H and O–H groups in total. The fourth-order valence-electron chi connectivity index (χ4n) is 2.41. The summed E-state index contributed by atoms with van der Waals surface area (Å²) in [5.74, 6) is -1.10. The molecule has 0 spiro atoms. The van der Waals surface area contributed by atoms with E-state index in [0.29, 0.717) is 13.1 Å². The number of rotatable bonds is 2. The van der Waals surface area contributed by atoms with Crippen LogP contribution in [0.1, 0.15) is 19.7 Å². The van der Waals surface area contributed by atoms with Crippen LogP contribution in [0.25, 0.3) is 0 Å². The smallest absolute Gasteiger partial charge is 0.384 e. The van der Waals surface area contributed by atoms with Crippen LogP contribution in [0.3, 0.4) is 0 Å². The van der Waals surface area contributed by atoms with E-state index < -0.39 is 12.0 Å². The predicted octanol–water partition coefficient (Wildman–Crippen LogP) is 1.61. The molecule has 0 radical (unpaired) electrons. The average Bonchev–Trinajstić information content (AvgIpc) is 2.37. The van der Waals surface area contributed by atoms with E-state index in [2.05, 4.69) is 21.8 Å². The van der Waals surface area contributed by atoms with Gasteiger partial charge in [-0.2, -0.15) is 13.2 Å². The van der Waals surface area contributed by atoms with Crippen molar-refractivity contribution >= 4 is 11.6 Å². The van der Waals surface area contributed by atoms with Gasteiger partial charge in [-0.3, -0.25) is 4.90 Å². The SMILES string of the molecule is CCN1CCN(c2cc(N)nc(C(F)(F)F)n2)CC1C. The summed E-state index contributed by atoms with van der Waals surface area (Å²) in [6.07, 6.45) is -4.58.